The van der Waals surface area contributed by atoms with Gasteiger partial charge in [-0.15, -0.1) is 0 Å². The summed E-state index contributed by atoms with van der Waals surface area (Å²) < 4.78 is 12.9. The van der Waals surface area contributed by atoms with E-state index in [0.29, 0.717) is 0 Å². The molecular formula is C13H12FN3O. The Balaban J connectivity index is 1.90. The maximum absolute atomic E-state index is 12.9. The van der Waals surface area contributed by atoms with Gasteiger partial charge in [-0.2, -0.15) is 0 Å². The molecule has 0 saturated heterocycles. The van der Waals surface area contributed by atoms with Gasteiger partial charge in [-0.1, -0.05) is 12.1 Å². The van der Waals surface area contributed by atoms with Gasteiger partial charge in [-0.3, -0.25) is 0 Å². The summed E-state index contributed by atoms with van der Waals surface area (Å²) in [4.78, 5) is 13.0. The number of hydrogen-bond acceptors (Lipinski definition) is 2. The number of nitrogens with zero attached hydrogens (tertiary/aromatic N) is 1. The Morgan fingerprint density at radius 1 is 1.22 bits per heavy atom. The van der Waals surface area contributed by atoms with Gasteiger partial charge in [0.2, 0.25) is 0 Å². The normalized spacial score (nSPS) is 21.8. The lowest BCUT2D eigenvalue weighted by molar-refractivity contribution is 0.215. The Morgan fingerprint density at radius 3 is 2.67 bits per heavy atom. The van der Waals surface area contributed by atoms with Crippen molar-refractivity contribution in [2.75, 3.05) is 7.05 Å². The predicted molar refractivity (Wildman–Crippen MR) is 65.7 cm³/mol. The van der Waals surface area contributed by atoms with Crippen molar-refractivity contribution in [1.29, 1.82) is 0 Å². The van der Waals surface area contributed by atoms with Crippen molar-refractivity contribution in [1.82, 2.24) is 15.5 Å². The minimum atomic E-state index is -0.262. The molecule has 0 fully saturated rings. The molecule has 1 aromatic carbocycles. The van der Waals surface area contributed by atoms with Crippen molar-refractivity contribution in [3.05, 3.63) is 53.5 Å². The molecule has 1 aromatic rings. The molecule has 3 rings (SSSR count). The van der Waals surface area contributed by atoms with Gasteiger partial charge in [0.1, 0.15) is 12.0 Å². The fraction of sp³-hybridized carbons (Fsp3) is 0.154. The molecule has 2 aliphatic rings. The van der Waals surface area contributed by atoms with Crippen LogP contribution in [-0.2, 0) is 0 Å². The number of rotatable bonds is 1. The topological polar surface area (TPSA) is 44.4 Å². The number of hydrogen-bond donors (Lipinski definition) is 2. The number of nitrogens with one attached hydrogen (secondary N) is 2. The number of halogens is 1. The van der Waals surface area contributed by atoms with E-state index in [1.54, 1.807) is 25.4 Å². The molecule has 2 aliphatic heterocycles. The molecule has 0 aliphatic carbocycles. The number of carbonyl (C=O) groups excluding carboxylic acids is 1. The number of amides is 2. The molecule has 0 saturated carbocycles. The van der Waals surface area contributed by atoms with Gasteiger partial charge in [0.05, 0.1) is 0 Å². The standard InChI is InChI=1S/C13H12FN3O/c1-17-7-9-6-11(15-12(9)16-13(17)18)8-2-4-10(14)5-3-8/h2-7,12,15H,1H3,(H,16,18). The van der Waals surface area contributed by atoms with E-state index in [9.17, 15) is 9.18 Å². The third-order valence-corrected chi connectivity index (χ3v) is 3.03. The molecule has 1 unspecified atom stereocenters. The molecular weight excluding hydrogens is 233 g/mol. The van der Waals surface area contributed by atoms with E-state index < -0.39 is 0 Å². The lowest BCUT2D eigenvalue weighted by atomic mass is 10.1. The van der Waals surface area contributed by atoms with E-state index in [-0.39, 0.29) is 18.0 Å². The largest absolute Gasteiger partial charge is 0.361 e. The van der Waals surface area contributed by atoms with Crippen LogP contribution in [0.1, 0.15) is 5.56 Å². The number of fused-ring (bicyclic) bond motifs is 1. The Kier molecular flexibility index (Phi) is 2.33. The minimum Gasteiger partial charge on any atom is -0.361 e. The fourth-order valence-corrected chi connectivity index (χ4v) is 2.07. The zero-order valence-electron chi connectivity index (χ0n) is 9.77. The molecule has 4 nitrogen and oxygen atoms in total. The SMILES string of the molecule is CN1C=C2C=C(c3ccc(F)cc3)NC2NC1=O. The summed E-state index contributed by atoms with van der Waals surface area (Å²) in [7, 11) is 1.70. The zero-order valence-corrected chi connectivity index (χ0v) is 9.77. The molecule has 1 atom stereocenters. The number of benzene rings is 1. The summed E-state index contributed by atoms with van der Waals surface area (Å²) >= 11 is 0. The average molecular weight is 245 g/mol. The lowest BCUT2D eigenvalue weighted by Crippen LogP contribution is -2.50. The van der Waals surface area contributed by atoms with Crippen LogP contribution in [0.5, 0.6) is 0 Å². The second kappa shape index (κ2) is 3.87. The second-order valence-corrected chi connectivity index (χ2v) is 4.33. The molecule has 0 spiro atoms. The van der Waals surface area contributed by atoms with Gasteiger partial charge in [-0.05, 0) is 23.8 Å². The van der Waals surface area contributed by atoms with Crippen LogP contribution in [0, 0.1) is 5.82 Å². The zero-order chi connectivity index (χ0) is 12.7. The summed E-state index contributed by atoms with van der Waals surface area (Å²) in [6.45, 7) is 0. The molecule has 0 radical (unpaired) electrons. The first-order valence-corrected chi connectivity index (χ1v) is 5.63. The Bertz CT molecular complexity index is 562. The van der Waals surface area contributed by atoms with E-state index in [1.807, 2.05) is 6.08 Å². The first-order chi connectivity index (χ1) is 8.63. The van der Waals surface area contributed by atoms with E-state index in [2.05, 4.69) is 10.6 Å². The van der Waals surface area contributed by atoms with Gasteiger partial charge in [0.25, 0.3) is 0 Å². The summed E-state index contributed by atoms with van der Waals surface area (Å²) in [5, 5.41) is 6.01. The van der Waals surface area contributed by atoms with Crippen molar-refractivity contribution in [3.8, 4) is 0 Å². The third kappa shape index (κ3) is 1.73. The molecule has 5 heteroatoms. The summed E-state index contributed by atoms with van der Waals surface area (Å²) in [6, 6.07) is 6.09. The summed E-state index contributed by atoms with van der Waals surface area (Å²) in [5.74, 6) is -0.262. The van der Waals surface area contributed by atoms with Gasteiger partial charge in [0, 0.05) is 24.5 Å². The monoisotopic (exact) mass is 245 g/mol. The van der Waals surface area contributed by atoms with E-state index >= 15 is 0 Å². The van der Waals surface area contributed by atoms with Gasteiger partial charge >= 0.3 is 6.03 Å². The third-order valence-electron chi connectivity index (χ3n) is 3.03. The van der Waals surface area contributed by atoms with E-state index in [1.165, 1.54) is 17.0 Å². The average Bonchev–Trinajstić information content (AvgIpc) is 2.73. The molecule has 0 aromatic heterocycles. The molecule has 2 heterocycles. The number of urea groups is 1. The Morgan fingerprint density at radius 2 is 1.94 bits per heavy atom. The van der Waals surface area contributed by atoms with Crippen molar-refractivity contribution in [2.45, 2.75) is 6.17 Å². The van der Waals surface area contributed by atoms with Crippen molar-refractivity contribution in [3.63, 3.8) is 0 Å². The smallest absolute Gasteiger partial charge is 0.323 e. The van der Waals surface area contributed by atoms with Gasteiger partial charge in [-0.25, -0.2) is 9.18 Å². The highest BCUT2D eigenvalue weighted by atomic mass is 19.1. The summed E-state index contributed by atoms with van der Waals surface area (Å²) in [5.41, 5.74) is 2.75. The van der Waals surface area contributed by atoms with Gasteiger partial charge < -0.3 is 15.5 Å². The van der Waals surface area contributed by atoms with Crippen LogP contribution in [0.25, 0.3) is 5.70 Å². The maximum atomic E-state index is 12.9. The highest BCUT2D eigenvalue weighted by Crippen LogP contribution is 2.25. The van der Waals surface area contributed by atoms with Crippen LogP contribution in [0.15, 0.2) is 42.1 Å². The molecule has 2 N–H and O–H groups in total. The van der Waals surface area contributed by atoms with E-state index in [0.717, 1.165) is 16.8 Å². The maximum Gasteiger partial charge on any atom is 0.323 e. The van der Waals surface area contributed by atoms with Crippen LogP contribution >= 0.6 is 0 Å². The molecule has 18 heavy (non-hydrogen) atoms. The Hall–Kier alpha value is -2.30. The van der Waals surface area contributed by atoms with Crippen LogP contribution in [-0.4, -0.2) is 24.1 Å². The van der Waals surface area contributed by atoms with Crippen molar-refractivity contribution >= 4 is 11.7 Å². The van der Waals surface area contributed by atoms with Crippen molar-refractivity contribution < 1.29 is 9.18 Å². The van der Waals surface area contributed by atoms with Crippen LogP contribution < -0.4 is 10.6 Å². The number of carbonyl (C=O) groups is 1. The molecule has 0 bridgehead atoms. The predicted octanol–water partition coefficient (Wildman–Crippen LogP) is 1.63. The van der Waals surface area contributed by atoms with E-state index in [4.69, 9.17) is 0 Å². The van der Waals surface area contributed by atoms with Crippen LogP contribution in [0.3, 0.4) is 0 Å². The minimum absolute atomic E-state index is 0.148. The van der Waals surface area contributed by atoms with Crippen molar-refractivity contribution in [2.24, 2.45) is 0 Å². The highest BCUT2D eigenvalue weighted by Gasteiger charge is 2.28. The second-order valence-electron chi connectivity index (χ2n) is 4.33. The molecule has 92 valence electrons. The lowest BCUT2D eigenvalue weighted by Gasteiger charge is -2.26. The van der Waals surface area contributed by atoms with Crippen LogP contribution in [0.4, 0.5) is 9.18 Å². The first-order valence-electron chi connectivity index (χ1n) is 5.63. The van der Waals surface area contributed by atoms with Gasteiger partial charge in [0.15, 0.2) is 0 Å². The Labute approximate surface area is 104 Å². The molecule has 2 amide bonds. The van der Waals surface area contributed by atoms with Crippen LogP contribution in [0.2, 0.25) is 0 Å². The fourth-order valence-electron chi connectivity index (χ4n) is 2.07. The highest BCUT2D eigenvalue weighted by molar-refractivity contribution is 5.81. The summed E-state index contributed by atoms with van der Waals surface area (Å²) in [6.07, 6.45) is 3.54. The first kappa shape index (κ1) is 10.8. The quantitative estimate of drug-likeness (QED) is 0.790.